The van der Waals surface area contributed by atoms with Crippen LogP contribution in [-0.2, 0) is 0 Å². The van der Waals surface area contributed by atoms with Gasteiger partial charge in [-0.2, -0.15) is 0 Å². The molecule has 1 aromatic heterocycles. The number of hydrogen-bond donors (Lipinski definition) is 0. The Balaban J connectivity index is 2.26. The Morgan fingerprint density at radius 2 is 2.15 bits per heavy atom. The van der Waals surface area contributed by atoms with Crippen molar-refractivity contribution in [2.24, 2.45) is 0 Å². The van der Waals surface area contributed by atoms with Crippen molar-refractivity contribution in [3.05, 3.63) is 55.0 Å². The first-order valence-electron chi connectivity index (χ1n) is 6.05. The zero-order chi connectivity index (χ0) is 14.7. The minimum Gasteiger partial charge on any atom is -0.258 e. The van der Waals surface area contributed by atoms with E-state index in [0.29, 0.717) is 16.5 Å². The fourth-order valence-electron chi connectivity index (χ4n) is 1.58. The lowest BCUT2D eigenvalue weighted by Crippen LogP contribution is -1.88. The molecule has 0 aliphatic rings. The molecular formula is C14H13ClN2O2S. The van der Waals surface area contributed by atoms with Crippen molar-refractivity contribution >= 4 is 40.8 Å². The molecule has 20 heavy (non-hydrogen) atoms. The second-order valence-corrected chi connectivity index (χ2v) is 5.86. The number of nitro groups is 1. The van der Waals surface area contributed by atoms with Crippen LogP contribution in [0.3, 0.4) is 0 Å². The molecule has 0 spiro atoms. The lowest BCUT2D eigenvalue weighted by molar-refractivity contribution is -0.384. The molecule has 0 amide bonds. The van der Waals surface area contributed by atoms with Crippen molar-refractivity contribution in [3.8, 4) is 0 Å². The quantitative estimate of drug-likeness (QED) is 0.590. The summed E-state index contributed by atoms with van der Waals surface area (Å²) in [4.78, 5) is 14.8. The Bertz CT molecular complexity index is 665. The van der Waals surface area contributed by atoms with Crippen LogP contribution in [0, 0.1) is 10.1 Å². The molecule has 104 valence electrons. The molecule has 0 atom stereocenters. The summed E-state index contributed by atoms with van der Waals surface area (Å²) in [6.07, 6.45) is 3.57. The average Bonchev–Trinajstić information content (AvgIpc) is 2.86. The molecule has 1 aromatic carbocycles. The van der Waals surface area contributed by atoms with Gasteiger partial charge in [0.2, 0.25) is 0 Å². The van der Waals surface area contributed by atoms with Crippen LogP contribution in [0.2, 0.25) is 5.02 Å². The highest BCUT2D eigenvalue weighted by molar-refractivity contribution is 7.10. The third kappa shape index (κ3) is 3.43. The van der Waals surface area contributed by atoms with Crippen LogP contribution in [0.1, 0.15) is 36.0 Å². The lowest BCUT2D eigenvalue weighted by Gasteiger charge is -1.98. The Morgan fingerprint density at radius 1 is 1.40 bits per heavy atom. The number of aromatic nitrogens is 1. The number of nitro benzene ring substituents is 1. The minimum absolute atomic E-state index is 0.0241. The summed E-state index contributed by atoms with van der Waals surface area (Å²) >= 11 is 7.57. The minimum atomic E-state index is -0.437. The monoisotopic (exact) mass is 308 g/mol. The standard InChI is InChI=1S/C14H13ClN2O2S/c1-9(2)13-8-20-14(16-13)6-3-10-7-11(17(18)19)4-5-12(10)15/h3-9H,1-2H3/b6-3+. The molecule has 1 heterocycles. The van der Waals surface area contributed by atoms with Gasteiger partial charge in [-0.3, -0.25) is 10.1 Å². The van der Waals surface area contributed by atoms with Gasteiger partial charge in [0, 0.05) is 22.5 Å². The normalized spacial score (nSPS) is 11.4. The Labute approximate surface area is 125 Å². The Morgan fingerprint density at radius 3 is 2.75 bits per heavy atom. The summed E-state index contributed by atoms with van der Waals surface area (Å²) in [5, 5.41) is 14.1. The van der Waals surface area contributed by atoms with Crippen LogP contribution in [0.5, 0.6) is 0 Å². The second kappa shape index (κ2) is 6.15. The van der Waals surface area contributed by atoms with E-state index in [4.69, 9.17) is 11.6 Å². The first kappa shape index (κ1) is 14.7. The van der Waals surface area contributed by atoms with Crippen molar-refractivity contribution in [1.82, 2.24) is 4.98 Å². The van der Waals surface area contributed by atoms with Crippen molar-refractivity contribution in [2.45, 2.75) is 19.8 Å². The van der Waals surface area contributed by atoms with Gasteiger partial charge in [0.25, 0.3) is 5.69 Å². The molecule has 0 saturated heterocycles. The predicted molar refractivity (Wildman–Crippen MR) is 83.2 cm³/mol. The van der Waals surface area contributed by atoms with E-state index in [-0.39, 0.29) is 5.69 Å². The number of benzene rings is 1. The highest BCUT2D eigenvalue weighted by atomic mass is 35.5. The molecule has 0 N–H and O–H groups in total. The summed E-state index contributed by atoms with van der Waals surface area (Å²) in [5.74, 6) is 0.384. The van der Waals surface area contributed by atoms with Gasteiger partial charge in [-0.1, -0.05) is 31.5 Å². The van der Waals surface area contributed by atoms with Crippen molar-refractivity contribution in [1.29, 1.82) is 0 Å². The number of rotatable bonds is 4. The van der Waals surface area contributed by atoms with E-state index in [1.807, 2.05) is 11.5 Å². The molecule has 0 aliphatic carbocycles. The number of halogens is 1. The summed E-state index contributed by atoms with van der Waals surface area (Å²) in [7, 11) is 0. The molecule has 0 unspecified atom stereocenters. The molecule has 0 radical (unpaired) electrons. The molecule has 0 saturated carbocycles. The zero-order valence-electron chi connectivity index (χ0n) is 11.0. The number of nitrogens with zero attached hydrogens (tertiary/aromatic N) is 2. The molecule has 0 aliphatic heterocycles. The van der Waals surface area contributed by atoms with E-state index in [1.54, 1.807) is 6.08 Å². The average molecular weight is 309 g/mol. The van der Waals surface area contributed by atoms with Gasteiger partial charge < -0.3 is 0 Å². The van der Waals surface area contributed by atoms with Crippen LogP contribution < -0.4 is 0 Å². The molecular weight excluding hydrogens is 296 g/mol. The largest absolute Gasteiger partial charge is 0.270 e. The van der Waals surface area contributed by atoms with E-state index >= 15 is 0 Å². The zero-order valence-corrected chi connectivity index (χ0v) is 12.6. The SMILES string of the molecule is CC(C)c1csc(/C=C/c2cc([N+](=O)[O-])ccc2Cl)n1. The van der Waals surface area contributed by atoms with Gasteiger partial charge in [0.1, 0.15) is 5.01 Å². The maximum absolute atomic E-state index is 10.7. The van der Waals surface area contributed by atoms with Crippen LogP contribution in [-0.4, -0.2) is 9.91 Å². The van der Waals surface area contributed by atoms with E-state index in [2.05, 4.69) is 18.8 Å². The summed E-state index contributed by atoms with van der Waals surface area (Å²) < 4.78 is 0. The maximum atomic E-state index is 10.7. The highest BCUT2D eigenvalue weighted by Gasteiger charge is 2.08. The second-order valence-electron chi connectivity index (χ2n) is 4.56. The Kier molecular flexibility index (Phi) is 4.52. The first-order valence-corrected chi connectivity index (χ1v) is 7.30. The van der Waals surface area contributed by atoms with Gasteiger partial charge in [-0.15, -0.1) is 11.3 Å². The highest BCUT2D eigenvalue weighted by Crippen LogP contribution is 2.25. The number of hydrogen-bond acceptors (Lipinski definition) is 4. The van der Waals surface area contributed by atoms with Gasteiger partial charge in [0.05, 0.1) is 10.6 Å². The lowest BCUT2D eigenvalue weighted by atomic mass is 10.2. The summed E-state index contributed by atoms with van der Waals surface area (Å²) in [6, 6.07) is 4.37. The van der Waals surface area contributed by atoms with Crippen LogP contribution in [0.15, 0.2) is 23.6 Å². The molecule has 2 rings (SSSR count). The first-order chi connectivity index (χ1) is 9.47. The van der Waals surface area contributed by atoms with Gasteiger partial charge >= 0.3 is 0 Å². The maximum Gasteiger partial charge on any atom is 0.270 e. The fraction of sp³-hybridized carbons (Fsp3) is 0.214. The predicted octanol–water partition coefficient (Wildman–Crippen LogP) is 5.00. The molecule has 2 aromatic rings. The summed E-state index contributed by atoms with van der Waals surface area (Å²) in [5.41, 5.74) is 1.68. The topological polar surface area (TPSA) is 56.0 Å². The Hall–Kier alpha value is -1.72. The van der Waals surface area contributed by atoms with Gasteiger partial charge in [0.15, 0.2) is 0 Å². The molecule has 0 fully saturated rings. The van der Waals surface area contributed by atoms with Crippen molar-refractivity contribution in [2.75, 3.05) is 0 Å². The smallest absolute Gasteiger partial charge is 0.258 e. The number of thiazole rings is 1. The van der Waals surface area contributed by atoms with Crippen molar-refractivity contribution < 1.29 is 4.92 Å². The van der Waals surface area contributed by atoms with Crippen LogP contribution in [0.4, 0.5) is 5.69 Å². The van der Waals surface area contributed by atoms with Crippen LogP contribution in [0.25, 0.3) is 12.2 Å². The number of non-ortho nitro benzene ring substituents is 1. The van der Waals surface area contributed by atoms with E-state index in [0.717, 1.165) is 10.7 Å². The molecule has 0 bridgehead atoms. The van der Waals surface area contributed by atoms with Gasteiger partial charge in [-0.25, -0.2) is 4.98 Å². The molecule has 6 heteroatoms. The van der Waals surface area contributed by atoms with E-state index in [9.17, 15) is 10.1 Å². The van der Waals surface area contributed by atoms with Crippen LogP contribution >= 0.6 is 22.9 Å². The molecule has 4 nitrogen and oxygen atoms in total. The van der Waals surface area contributed by atoms with E-state index in [1.165, 1.54) is 29.5 Å². The fourth-order valence-corrected chi connectivity index (χ4v) is 2.63. The summed E-state index contributed by atoms with van der Waals surface area (Å²) in [6.45, 7) is 4.17. The van der Waals surface area contributed by atoms with Gasteiger partial charge in [-0.05, 0) is 23.6 Å². The third-order valence-corrected chi connectivity index (χ3v) is 3.90. The van der Waals surface area contributed by atoms with E-state index < -0.39 is 4.92 Å². The van der Waals surface area contributed by atoms with Crippen molar-refractivity contribution in [3.63, 3.8) is 0 Å². The third-order valence-electron chi connectivity index (χ3n) is 2.73.